The minimum absolute atomic E-state index is 0.468. The lowest BCUT2D eigenvalue weighted by Crippen LogP contribution is -2.19. The molecule has 0 saturated heterocycles. The molecule has 3 heterocycles. The molecule has 0 spiro atoms. The highest BCUT2D eigenvalue weighted by molar-refractivity contribution is 7.80. The van der Waals surface area contributed by atoms with E-state index in [0.717, 1.165) is 23.5 Å². The summed E-state index contributed by atoms with van der Waals surface area (Å²) in [4.78, 5) is 0. The normalized spacial score (nSPS) is 10.9. The summed E-state index contributed by atoms with van der Waals surface area (Å²) in [6.07, 6.45) is 7.51. The second-order valence-corrected chi connectivity index (χ2v) is 7.87. The van der Waals surface area contributed by atoms with Crippen molar-refractivity contribution in [3.05, 3.63) is 77.5 Å². The third kappa shape index (κ3) is 5.18. The summed E-state index contributed by atoms with van der Waals surface area (Å²) in [5, 5.41) is 20.1. The van der Waals surface area contributed by atoms with Gasteiger partial charge in [0.05, 0.1) is 31.2 Å². The van der Waals surface area contributed by atoms with Crippen molar-refractivity contribution >= 4 is 28.8 Å². The van der Waals surface area contributed by atoms with E-state index >= 15 is 0 Å². The van der Waals surface area contributed by atoms with Gasteiger partial charge in [-0.2, -0.15) is 15.3 Å². The molecule has 0 saturated carbocycles. The molecular weight excluding hydrogens is 408 g/mol. The van der Waals surface area contributed by atoms with Crippen LogP contribution in [0.4, 0.5) is 11.5 Å². The zero-order chi connectivity index (χ0) is 21.8. The molecule has 0 atom stereocenters. The van der Waals surface area contributed by atoms with Gasteiger partial charge in [-0.3, -0.25) is 14.0 Å². The van der Waals surface area contributed by atoms with Gasteiger partial charge in [-0.25, -0.2) is 0 Å². The van der Waals surface area contributed by atoms with Crippen LogP contribution in [0.3, 0.4) is 0 Å². The first-order valence-electron chi connectivity index (χ1n) is 10.2. The highest BCUT2D eigenvalue weighted by Gasteiger charge is 2.08. The number of rotatable bonds is 7. The molecule has 0 aliphatic rings. The van der Waals surface area contributed by atoms with Gasteiger partial charge >= 0.3 is 0 Å². The number of anilines is 2. The Bertz CT molecular complexity index is 1190. The van der Waals surface area contributed by atoms with Crippen LogP contribution in [0.5, 0.6) is 0 Å². The molecule has 0 bridgehead atoms. The van der Waals surface area contributed by atoms with Gasteiger partial charge in [0.1, 0.15) is 0 Å². The second kappa shape index (κ2) is 9.13. The van der Waals surface area contributed by atoms with Crippen molar-refractivity contribution < 1.29 is 0 Å². The number of aryl methyl sites for hydroxylation is 2. The molecule has 2 N–H and O–H groups in total. The Morgan fingerprint density at radius 1 is 1.03 bits per heavy atom. The van der Waals surface area contributed by atoms with E-state index in [2.05, 4.69) is 71.0 Å². The number of nitrogens with zero attached hydrogens (tertiary/aromatic N) is 6. The number of hydrogen-bond donors (Lipinski definition) is 2. The largest absolute Gasteiger partial charge is 0.330 e. The number of nitrogens with one attached hydrogen (secondary N) is 2. The Morgan fingerprint density at radius 3 is 2.68 bits per heavy atom. The van der Waals surface area contributed by atoms with Crippen molar-refractivity contribution in [3.8, 4) is 0 Å². The first-order valence-corrected chi connectivity index (χ1v) is 10.6. The van der Waals surface area contributed by atoms with Crippen molar-refractivity contribution in [2.24, 2.45) is 0 Å². The molecule has 4 rings (SSSR count). The standard InChI is InChI=1S/C22H26N8S/c1-4-30-17(3)19(11-24-30)14-29-15-20(12-23-29)25-22(31)26-21-8-9-28(27-21)13-18-7-5-6-16(2)10-18/h5-12,15H,4,13-14H2,1-3H3,(H2,25,26,27,31). The summed E-state index contributed by atoms with van der Waals surface area (Å²) in [5.41, 5.74) is 5.57. The molecule has 160 valence electrons. The zero-order valence-corrected chi connectivity index (χ0v) is 18.7. The average molecular weight is 435 g/mol. The first-order chi connectivity index (χ1) is 15.0. The van der Waals surface area contributed by atoms with Crippen LogP contribution >= 0.6 is 12.2 Å². The van der Waals surface area contributed by atoms with Crippen molar-refractivity contribution in [2.75, 3.05) is 10.6 Å². The summed E-state index contributed by atoms with van der Waals surface area (Å²) in [7, 11) is 0. The Balaban J connectivity index is 1.32. The fourth-order valence-electron chi connectivity index (χ4n) is 3.44. The van der Waals surface area contributed by atoms with Crippen LogP contribution in [-0.4, -0.2) is 34.5 Å². The molecule has 3 aromatic heterocycles. The third-order valence-corrected chi connectivity index (χ3v) is 5.24. The van der Waals surface area contributed by atoms with E-state index in [1.54, 1.807) is 6.20 Å². The van der Waals surface area contributed by atoms with Crippen LogP contribution in [0.1, 0.15) is 29.3 Å². The Labute approximate surface area is 186 Å². The monoisotopic (exact) mass is 434 g/mol. The Hall–Kier alpha value is -3.46. The smallest absolute Gasteiger partial charge is 0.176 e. The molecule has 0 radical (unpaired) electrons. The fourth-order valence-corrected chi connectivity index (χ4v) is 3.66. The molecule has 9 heteroatoms. The summed E-state index contributed by atoms with van der Waals surface area (Å²) in [6.45, 7) is 8.48. The molecule has 8 nitrogen and oxygen atoms in total. The quantitative estimate of drug-likeness (QED) is 0.431. The molecular formula is C22H26N8S. The van der Waals surface area contributed by atoms with Crippen molar-refractivity contribution in [1.82, 2.24) is 29.3 Å². The molecule has 0 amide bonds. The molecule has 4 aromatic rings. The van der Waals surface area contributed by atoms with Crippen LogP contribution in [0.15, 0.2) is 55.1 Å². The number of hydrogen-bond acceptors (Lipinski definition) is 4. The van der Waals surface area contributed by atoms with Gasteiger partial charge < -0.3 is 10.6 Å². The molecule has 0 aliphatic heterocycles. The lowest BCUT2D eigenvalue weighted by atomic mass is 10.1. The topological polar surface area (TPSA) is 77.5 Å². The van der Waals surface area contributed by atoms with Crippen LogP contribution in [0.25, 0.3) is 0 Å². The predicted octanol–water partition coefficient (Wildman–Crippen LogP) is 3.82. The number of thiocarbonyl (C=S) groups is 1. The SMILES string of the molecule is CCn1ncc(Cn2cc(NC(=S)Nc3ccn(Cc4cccc(C)c4)n3)cn2)c1C. The Morgan fingerprint density at radius 2 is 1.90 bits per heavy atom. The molecule has 31 heavy (non-hydrogen) atoms. The van der Waals surface area contributed by atoms with Gasteiger partial charge in [-0.05, 0) is 38.6 Å². The molecule has 0 fully saturated rings. The highest BCUT2D eigenvalue weighted by atomic mass is 32.1. The lowest BCUT2D eigenvalue weighted by molar-refractivity contribution is 0.633. The summed E-state index contributed by atoms with van der Waals surface area (Å²) in [5.74, 6) is 0.695. The first kappa shape index (κ1) is 20.8. The maximum absolute atomic E-state index is 5.43. The minimum atomic E-state index is 0.468. The summed E-state index contributed by atoms with van der Waals surface area (Å²) >= 11 is 5.43. The fraction of sp³-hybridized carbons (Fsp3) is 0.273. The van der Waals surface area contributed by atoms with E-state index in [4.69, 9.17) is 12.2 Å². The van der Waals surface area contributed by atoms with Crippen molar-refractivity contribution in [3.63, 3.8) is 0 Å². The van der Waals surface area contributed by atoms with Crippen LogP contribution in [0.2, 0.25) is 0 Å². The average Bonchev–Trinajstić information content (AvgIpc) is 3.44. The Kier molecular flexibility index (Phi) is 6.13. The van der Waals surface area contributed by atoms with Gasteiger partial charge in [0.2, 0.25) is 0 Å². The lowest BCUT2D eigenvalue weighted by Gasteiger charge is -2.07. The van der Waals surface area contributed by atoms with E-state index in [0.29, 0.717) is 24.0 Å². The summed E-state index contributed by atoms with van der Waals surface area (Å²) < 4.78 is 5.73. The van der Waals surface area contributed by atoms with Gasteiger partial charge in [0.15, 0.2) is 10.9 Å². The van der Waals surface area contributed by atoms with Crippen molar-refractivity contribution in [1.29, 1.82) is 0 Å². The number of aromatic nitrogens is 6. The minimum Gasteiger partial charge on any atom is -0.330 e. The van der Waals surface area contributed by atoms with E-state index in [-0.39, 0.29) is 0 Å². The summed E-state index contributed by atoms with van der Waals surface area (Å²) in [6, 6.07) is 10.3. The van der Waals surface area contributed by atoms with E-state index in [9.17, 15) is 0 Å². The highest BCUT2D eigenvalue weighted by Crippen LogP contribution is 2.13. The molecule has 1 aromatic carbocycles. The predicted molar refractivity (Wildman–Crippen MR) is 126 cm³/mol. The van der Waals surface area contributed by atoms with Gasteiger partial charge in [-0.1, -0.05) is 29.8 Å². The van der Waals surface area contributed by atoms with Gasteiger partial charge in [0, 0.05) is 36.3 Å². The van der Waals surface area contributed by atoms with Gasteiger partial charge in [-0.15, -0.1) is 0 Å². The van der Waals surface area contributed by atoms with Crippen LogP contribution in [0, 0.1) is 13.8 Å². The molecule has 0 aliphatic carbocycles. The third-order valence-electron chi connectivity index (χ3n) is 5.04. The zero-order valence-electron chi connectivity index (χ0n) is 17.9. The van der Waals surface area contributed by atoms with Crippen molar-refractivity contribution in [2.45, 2.75) is 40.4 Å². The van der Waals surface area contributed by atoms with E-state index < -0.39 is 0 Å². The number of benzene rings is 1. The maximum atomic E-state index is 5.43. The maximum Gasteiger partial charge on any atom is 0.176 e. The second-order valence-electron chi connectivity index (χ2n) is 7.46. The van der Waals surface area contributed by atoms with Gasteiger partial charge in [0.25, 0.3) is 0 Å². The van der Waals surface area contributed by atoms with Crippen LogP contribution < -0.4 is 10.6 Å². The van der Waals surface area contributed by atoms with Crippen LogP contribution in [-0.2, 0) is 19.6 Å². The molecule has 0 unspecified atom stereocenters. The van der Waals surface area contributed by atoms with E-state index in [1.807, 2.05) is 38.7 Å². The van der Waals surface area contributed by atoms with E-state index in [1.165, 1.54) is 11.1 Å².